The summed E-state index contributed by atoms with van der Waals surface area (Å²) in [6.45, 7) is 1.57. The van der Waals surface area contributed by atoms with Gasteiger partial charge in [0, 0.05) is 34.7 Å². The number of amides is 1. The summed E-state index contributed by atoms with van der Waals surface area (Å²) in [5, 5.41) is 9.76. The maximum absolute atomic E-state index is 15.7. The molecule has 1 unspecified atom stereocenters. The molecule has 0 fully saturated rings. The van der Waals surface area contributed by atoms with E-state index in [4.69, 9.17) is 32.5 Å². The van der Waals surface area contributed by atoms with E-state index in [2.05, 4.69) is 0 Å². The lowest BCUT2D eigenvalue weighted by Gasteiger charge is -2.27. The SMILES string of the molecule is C[C@@H](O)COc1ccc(C(N)=O)c(-c2c(Cl)ccc3c2CC(CN)(c2ccccc2)O3)c1F. The Morgan fingerprint density at radius 1 is 1.21 bits per heavy atom. The topological polar surface area (TPSA) is 108 Å². The maximum atomic E-state index is 15.7. The fourth-order valence-corrected chi connectivity index (χ4v) is 4.41. The van der Waals surface area contributed by atoms with Crippen molar-refractivity contribution in [2.45, 2.75) is 25.0 Å². The Hall–Kier alpha value is -3.13. The monoisotopic (exact) mass is 470 g/mol. The van der Waals surface area contributed by atoms with Crippen molar-refractivity contribution in [1.82, 2.24) is 0 Å². The number of hydrogen-bond donors (Lipinski definition) is 3. The van der Waals surface area contributed by atoms with Crippen LogP contribution in [0, 0.1) is 5.82 Å². The van der Waals surface area contributed by atoms with Crippen molar-refractivity contribution >= 4 is 17.5 Å². The molecule has 33 heavy (non-hydrogen) atoms. The van der Waals surface area contributed by atoms with Crippen LogP contribution in [0.2, 0.25) is 5.02 Å². The van der Waals surface area contributed by atoms with Gasteiger partial charge in [-0.1, -0.05) is 41.9 Å². The minimum atomic E-state index is -0.868. The smallest absolute Gasteiger partial charge is 0.249 e. The van der Waals surface area contributed by atoms with Crippen LogP contribution >= 0.6 is 11.6 Å². The van der Waals surface area contributed by atoms with Gasteiger partial charge in [-0.05, 0) is 36.8 Å². The number of halogens is 2. The first-order valence-corrected chi connectivity index (χ1v) is 10.8. The van der Waals surface area contributed by atoms with E-state index in [-0.39, 0.29) is 35.1 Å². The van der Waals surface area contributed by atoms with Gasteiger partial charge < -0.3 is 26.0 Å². The molecule has 3 aromatic rings. The molecular weight excluding hydrogens is 447 g/mol. The van der Waals surface area contributed by atoms with Gasteiger partial charge in [-0.2, -0.15) is 0 Å². The Balaban J connectivity index is 1.90. The molecule has 0 saturated carbocycles. The first kappa shape index (κ1) is 23.0. The summed E-state index contributed by atoms with van der Waals surface area (Å²) in [6.07, 6.45) is -0.493. The lowest BCUT2D eigenvalue weighted by molar-refractivity contribution is 0.0999. The van der Waals surface area contributed by atoms with Gasteiger partial charge >= 0.3 is 0 Å². The first-order chi connectivity index (χ1) is 15.8. The molecule has 0 radical (unpaired) electrons. The van der Waals surface area contributed by atoms with Crippen LogP contribution in [0.3, 0.4) is 0 Å². The van der Waals surface area contributed by atoms with Gasteiger partial charge in [0.2, 0.25) is 5.91 Å². The first-order valence-electron chi connectivity index (χ1n) is 10.5. The Morgan fingerprint density at radius 2 is 1.94 bits per heavy atom. The van der Waals surface area contributed by atoms with Crippen molar-refractivity contribution in [3.05, 3.63) is 82.1 Å². The summed E-state index contributed by atoms with van der Waals surface area (Å²) in [4.78, 5) is 12.2. The number of fused-ring (bicyclic) bond motifs is 1. The minimum absolute atomic E-state index is 0.0443. The van der Waals surface area contributed by atoms with E-state index in [9.17, 15) is 9.90 Å². The molecule has 2 atom stereocenters. The molecule has 0 saturated heterocycles. The van der Waals surface area contributed by atoms with Crippen molar-refractivity contribution in [1.29, 1.82) is 0 Å². The summed E-state index contributed by atoms with van der Waals surface area (Å²) in [6, 6.07) is 15.5. The normalized spacial score (nSPS) is 17.8. The second-order valence-corrected chi connectivity index (χ2v) is 8.47. The predicted octanol–water partition coefficient (Wildman–Crippen LogP) is 3.79. The Bertz CT molecular complexity index is 1200. The highest BCUT2D eigenvalue weighted by Gasteiger charge is 2.42. The van der Waals surface area contributed by atoms with Crippen LogP contribution in [0.4, 0.5) is 4.39 Å². The van der Waals surface area contributed by atoms with Gasteiger partial charge in [0.05, 0.1) is 11.7 Å². The van der Waals surface area contributed by atoms with Crippen LogP contribution in [-0.2, 0) is 12.0 Å². The van der Waals surface area contributed by atoms with Crippen LogP contribution in [0.1, 0.15) is 28.4 Å². The molecule has 5 N–H and O–H groups in total. The van der Waals surface area contributed by atoms with E-state index in [0.29, 0.717) is 23.3 Å². The number of benzene rings is 3. The van der Waals surface area contributed by atoms with E-state index in [1.165, 1.54) is 19.1 Å². The zero-order chi connectivity index (χ0) is 23.8. The van der Waals surface area contributed by atoms with Gasteiger partial charge in [-0.15, -0.1) is 0 Å². The molecule has 4 rings (SSSR count). The Morgan fingerprint density at radius 3 is 2.58 bits per heavy atom. The van der Waals surface area contributed by atoms with Crippen LogP contribution in [0.25, 0.3) is 11.1 Å². The van der Waals surface area contributed by atoms with Crippen molar-refractivity contribution in [3.63, 3.8) is 0 Å². The van der Waals surface area contributed by atoms with Gasteiger partial charge in [-0.3, -0.25) is 4.79 Å². The lowest BCUT2D eigenvalue weighted by atomic mass is 9.85. The van der Waals surface area contributed by atoms with Gasteiger partial charge in [0.25, 0.3) is 0 Å². The molecule has 1 aliphatic rings. The van der Waals surface area contributed by atoms with E-state index in [1.807, 2.05) is 30.3 Å². The highest BCUT2D eigenvalue weighted by molar-refractivity contribution is 6.34. The maximum Gasteiger partial charge on any atom is 0.249 e. The number of carbonyl (C=O) groups is 1. The van der Waals surface area contributed by atoms with Crippen LogP contribution in [-0.4, -0.2) is 30.3 Å². The van der Waals surface area contributed by atoms with Crippen molar-refractivity contribution < 1.29 is 23.8 Å². The molecule has 1 amide bonds. The average molecular weight is 471 g/mol. The highest BCUT2D eigenvalue weighted by Crippen LogP contribution is 2.49. The molecule has 0 bridgehead atoms. The van der Waals surface area contributed by atoms with E-state index in [1.54, 1.807) is 12.1 Å². The Kier molecular flexibility index (Phi) is 6.30. The number of hydrogen-bond acceptors (Lipinski definition) is 5. The third-order valence-corrected chi connectivity index (χ3v) is 6.03. The number of aliphatic hydroxyl groups excluding tert-OH is 1. The van der Waals surface area contributed by atoms with E-state index in [0.717, 1.165) is 5.56 Å². The van der Waals surface area contributed by atoms with Gasteiger partial charge in [0.15, 0.2) is 17.2 Å². The Labute approximate surface area is 195 Å². The van der Waals surface area contributed by atoms with Gasteiger partial charge in [0.1, 0.15) is 12.4 Å². The van der Waals surface area contributed by atoms with Crippen LogP contribution < -0.4 is 20.9 Å². The highest BCUT2D eigenvalue weighted by atomic mass is 35.5. The van der Waals surface area contributed by atoms with Crippen molar-refractivity contribution in [2.24, 2.45) is 11.5 Å². The van der Waals surface area contributed by atoms with E-state index < -0.39 is 23.4 Å². The number of nitrogens with two attached hydrogens (primary N) is 2. The summed E-state index contributed by atoms with van der Waals surface area (Å²) >= 11 is 6.57. The molecule has 1 aliphatic heterocycles. The van der Waals surface area contributed by atoms with Crippen molar-refractivity contribution in [3.8, 4) is 22.6 Å². The molecule has 8 heteroatoms. The number of ether oxygens (including phenoxy) is 2. The second-order valence-electron chi connectivity index (χ2n) is 8.07. The number of primary amides is 1. The number of carbonyl (C=O) groups excluding carboxylic acids is 1. The molecule has 0 aromatic heterocycles. The molecule has 1 heterocycles. The third-order valence-electron chi connectivity index (χ3n) is 5.72. The average Bonchev–Trinajstić information content (AvgIpc) is 3.19. The predicted molar refractivity (Wildman–Crippen MR) is 124 cm³/mol. The molecule has 3 aromatic carbocycles. The summed E-state index contributed by atoms with van der Waals surface area (Å²) in [7, 11) is 0. The van der Waals surface area contributed by atoms with Gasteiger partial charge in [-0.25, -0.2) is 4.39 Å². The molecule has 172 valence electrons. The third kappa shape index (κ3) is 4.15. The standard InChI is InChI=1S/C25H24ClFN2O4/c1-14(30)12-32-20-9-7-16(24(29)31)22(23(20)27)21-17-11-25(13-28,15-5-3-2-4-6-15)33-19(17)10-8-18(21)26/h2-10,14,30H,11-13,28H2,1H3,(H2,29,31)/t14-,25?/m1/s1. The fourth-order valence-electron chi connectivity index (χ4n) is 4.14. The summed E-state index contributed by atoms with van der Waals surface area (Å²) in [5.74, 6) is -1.25. The molecule has 0 aliphatic carbocycles. The molecule has 0 spiro atoms. The van der Waals surface area contributed by atoms with Crippen LogP contribution in [0.5, 0.6) is 11.5 Å². The fraction of sp³-hybridized carbons (Fsp3) is 0.240. The lowest BCUT2D eigenvalue weighted by Crippen LogP contribution is -2.39. The van der Waals surface area contributed by atoms with E-state index >= 15 is 4.39 Å². The zero-order valence-corrected chi connectivity index (χ0v) is 18.7. The second kappa shape index (κ2) is 9.02. The summed E-state index contributed by atoms with van der Waals surface area (Å²) < 4.78 is 27.5. The number of rotatable bonds is 7. The number of aliphatic hydroxyl groups is 1. The zero-order valence-electron chi connectivity index (χ0n) is 18.0. The summed E-state index contributed by atoms with van der Waals surface area (Å²) in [5.41, 5.74) is 12.5. The molecular formula is C25H24ClFN2O4. The van der Waals surface area contributed by atoms with Crippen molar-refractivity contribution in [2.75, 3.05) is 13.2 Å². The minimum Gasteiger partial charge on any atom is -0.488 e. The largest absolute Gasteiger partial charge is 0.488 e. The van der Waals surface area contributed by atoms with Crippen LogP contribution in [0.15, 0.2) is 54.6 Å². The quantitative estimate of drug-likeness (QED) is 0.487. The molecule has 6 nitrogen and oxygen atoms in total.